The normalized spacial score (nSPS) is 16.2. The van der Waals surface area contributed by atoms with E-state index in [1.54, 1.807) is 6.20 Å². The Labute approximate surface area is 99.6 Å². The molecule has 4 nitrogen and oxygen atoms in total. The highest BCUT2D eigenvalue weighted by atomic mass is 35.5. The SMILES string of the molecule is CC(C)n1ncc(NC2CCC2)c(Cl)c1=O. The van der Waals surface area contributed by atoms with Crippen LogP contribution in [0, 0.1) is 0 Å². The molecular weight excluding hydrogens is 226 g/mol. The van der Waals surface area contributed by atoms with E-state index in [4.69, 9.17) is 11.6 Å². The van der Waals surface area contributed by atoms with Gasteiger partial charge in [-0.2, -0.15) is 5.10 Å². The molecule has 1 aliphatic rings. The van der Waals surface area contributed by atoms with Crippen LogP contribution >= 0.6 is 11.6 Å². The molecule has 5 heteroatoms. The number of halogens is 1. The highest BCUT2D eigenvalue weighted by Gasteiger charge is 2.19. The Hall–Kier alpha value is -1.03. The van der Waals surface area contributed by atoms with Gasteiger partial charge in [0.05, 0.1) is 17.9 Å². The largest absolute Gasteiger partial charge is 0.380 e. The second kappa shape index (κ2) is 4.45. The maximum atomic E-state index is 11.8. The van der Waals surface area contributed by atoms with Crippen molar-refractivity contribution in [3.63, 3.8) is 0 Å². The maximum absolute atomic E-state index is 11.8. The van der Waals surface area contributed by atoms with Crippen LogP contribution in [0.5, 0.6) is 0 Å². The molecule has 0 spiro atoms. The number of nitrogens with zero attached hydrogens (tertiary/aromatic N) is 2. The molecule has 1 aromatic heterocycles. The minimum absolute atomic E-state index is 0.0303. The fourth-order valence-corrected chi connectivity index (χ4v) is 1.88. The molecule has 0 amide bonds. The predicted octanol–water partition coefficient (Wildman–Crippen LogP) is 2.44. The topological polar surface area (TPSA) is 46.9 Å². The lowest BCUT2D eigenvalue weighted by Gasteiger charge is -2.27. The van der Waals surface area contributed by atoms with Crippen LogP contribution in [-0.4, -0.2) is 15.8 Å². The van der Waals surface area contributed by atoms with Crippen LogP contribution in [0.3, 0.4) is 0 Å². The summed E-state index contributed by atoms with van der Waals surface area (Å²) >= 11 is 6.03. The molecule has 1 aliphatic carbocycles. The third kappa shape index (κ3) is 2.07. The first-order valence-electron chi connectivity index (χ1n) is 5.63. The fourth-order valence-electron chi connectivity index (χ4n) is 1.69. The minimum Gasteiger partial charge on any atom is -0.380 e. The molecule has 0 unspecified atom stereocenters. The Kier molecular flexibility index (Phi) is 3.19. The first kappa shape index (κ1) is 11.5. The second-order valence-corrected chi connectivity index (χ2v) is 4.87. The van der Waals surface area contributed by atoms with Crippen molar-refractivity contribution in [2.75, 3.05) is 5.32 Å². The lowest BCUT2D eigenvalue weighted by Crippen LogP contribution is -2.30. The fraction of sp³-hybridized carbons (Fsp3) is 0.636. The van der Waals surface area contributed by atoms with Gasteiger partial charge in [-0.1, -0.05) is 11.6 Å². The van der Waals surface area contributed by atoms with Gasteiger partial charge in [-0.3, -0.25) is 4.79 Å². The summed E-state index contributed by atoms with van der Waals surface area (Å²) in [6, 6.07) is 0.483. The Balaban J connectivity index is 2.27. The average molecular weight is 242 g/mol. The molecule has 1 N–H and O–H groups in total. The van der Waals surface area contributed by atoms with E-state index in [0.717, 1.165) is 12.8 Å². The second-order valence-electron chi connectivity index (χ2n) is 4.49. The Morgan fingerprint density at radius 2 is 2.25 bits per heavy atom. The summed E-state index contributed by atoms with van der Waals surface area (Å²) in [6.07, 6.45) is 5.17. The van der Waals surface area contributed by atoms with E-state index in [1.165, 1.54) is 11.1 Å². The van der Waals surface area contributed by atoms with Crippen molar-refractivity contribution in [1.82, 2.24) is 9.78 Å². The summed E-state index contributed by atoms with van der Waals surface area (Å²) in [5.41, 5.74) is 0.439. The number of hydrogen-bond donors (Lipinski definition) is 1. The van der Waals surface area contributed by atoms with Crippen LogP contribution in [-0.2, 0) is 0 Å². The number of aromatic nitrogens is 2. The number of nitrogens with one attached hydrogen (secondary N) is 1. The van der Waals surface area contributed by atoms with Gasteiger partial charge in [-0.15, -0.1) is 0 Å². The number of anilines is 1. The van der Waals surface area contributed by atoms with Gasteiger partial charge in [-0.25, -0.2) is 4.68 Å². The van der Waals surface area contributed by atoms with Crippen molar-refractivity contribution in [2.24, 2.45) is 0 Å². The summed E-state index contributed by atoms with van der Waals surface area (Å²) in [7, 11) is 0. The zero-order valence-corrected chi connectivity index (χ0v) is 10.3. The van der Waals surface area contributed by atoms with Crippen LogP contribution in [0.1, 0.15) is 39.2 Å². The summed E-state index contributed by atoms with van der Waals surface area (Å²) < 4.78 is 1.40. The zero-order valence-electron chi connectivity index (χ0n) is 9.53. The molecule has 0 saturated heterocycles. The van der Waals surface area contributed by atoms with Crippen LogP contribution < -0.4 is 10.9 Å². The maximum Gasteiger partial charge on any atom is 0.287 e. The van der Waals surface area contributed by atoms with E-state index in [9.17, 15) is 4.79 Å². The van der Waals surface area contributed by atoms with Gasteiger partial charge < -0.3 is 5.32 Å². The predicted molar refractivity (Wildman–Crippen MR) is 65.2 cm³/mol. The lowest BCUT2D eigenvalue weighted by atomic mass is 9.93. The molecule has 0 bridgehead atoms. The molecule has 1 heterocycles. The van der Waals surface area contributed by atoms with Gasteiger partial charge in [0, 0.05) is 6.04 Å². The Morgan fingerprint density at radius 3 is 2.75 bits per heavy atom. The van der Waals surface area contributed by atoms with Gasteiger partial charge in [0.15, 0.2) is 0 Å². The highest BCUT2D eigenvalue weighted by Crippen LogP contribution is 2.25. The van der Waals surface area contributed by atoms with Gasteiger partial charge in [0.2, 0.25) is 0 Å². The molecule has 1 saturated carbocycles. The molecule has 88 valence electrons. The molecule has 0 aliphatic heterocycles. The Morgan fingerprint density at radius 1 is 1.56 bits per heavy atom. The molecule has 0 aromatic carbocycles. The van der Waals surface area contributed by atoms with Gasteiger partial charge in [-0.05, 0) is 33.1 Å². The third-order valence-corrected chi connectivity index (χ3v) is 3.26. The molecule has 2 rings (SSSR count). The first-order chi connectivity index (χ1) is 7.59. The lowest BCUT2D eigenvalue weighted by molar-refractivity contribution is 0.444. The average Bonchev–Trinajstić information content (AvgIpc) is 2.17. The minimum atomic E-state index is -0.221. The van der Waals surface area contributed by atoms with Crippen LogP contribution in [0.15, 0.2) is 11.0 Å². The zero-order chi connectivity index (χ0) is 11.7. The van der Waals surface area contributed by atoms with Crippen molar-refractivity contribution in [1.29, 1.82) is 0 Å². The van der Waals surface area contributed by atoms with Gasteiger partial charge in [0.25, 0.3) is 5.56 Å². The summed E-state index contributed by atoms with van der Waals surface area (Å²) in [5.74, 6) is 0. The summed E-state index contributed by atoms with van der Waals surface area (Å²) in [6.45, 7) is 3.81. The molecule has 1 fully saturated rings. The van der Waals surface area contributed by atoms with E-state index < -0.39 is 0 Å². The van der Waals surface area contributed by atoms with Crippen molar-refractivity contribution in [2.45, 2.75) is 45.2 Å². The monoisotopic (exact) mass is 241 g/mol. The standard InChI is InChI=1S/C11H16ClN3O/c1-7(2)15-11(16)10(12)9(6-13-15)14-8-4-3-5-8/h6-8,14H,3-5H2,1-2H3. The smallest absolute Gasteiger partial charge is 0.287 e. The first-order valence-corrected chi connectivity index (χ1v) is 6.01. The van der Waals surface area contributed by atoms with Crippen molar-refractivity contribution < 1.29 is 0 Å². The Bertz CT molecular complexity index is 437. The van der Waals surface area contributed by atoms with Gasteiger partial charge in [0.1, 0.15) is 5.02 Å². The van der Waals surface area contributed by atoms with E-state index in [2.05, 4.69) is 10.4 Å². The van der Waals surface area contributed by atoms with Crippen LogP contribution in [0.2, 0.25) is 5.02 Å². The molecular formula is C11H16ClN3O. The van der Waals surface area contributed by atoms with Crippen molar-refractivity contribution in [3.05, 3.63) is 21.6 Å². The highest BCUT2D eigenvalue weighted by molar-refractivity contribution is 6.32. The van der Waals surface area contributed by atoms with E-state index in [-0.39, 0.29) is 16.6 Å². The third-order valence-electron chi connectivity index (χ3n) is 2.90. The van der Waals surface area contributed by atoms with Crippen LogP contribution in [0.4, 0.5) is 5.69 Å². The van der Waals surface area contributed by atoms with Crippen molar-refractivity contribution >= 4 is 17.3 Å². The quantitative estimate of drug-likeness (QED) is 0.884. The summed E-state index contributed by atoms with van der Waals surface area (Å²) in [4.78, 5) is 11.8. The number of hydrogen-bond acceptors (Lipinski definition) is 3. The van der Waals surface area contributed by atoms with E-state index in [1.807, 2.05) is 13.8 Å². The van der Waals surface area contributed by atoms with E-state index in [0.29, 0.717) is 11.7 Å². The number of rotatable bonds is 3. The molecule has 0 radical (unpaired) electrons. The molecule has 1 aromatic rings. The van der Waals surface area contributed by atoms with Crippen molar-refractivity contribution in [3.8, 4) is 0 Å². The van der Waals surface area contributed by atoms with E-state index >= 15 is 0 Å². The molecule has 16 heavy (non-hydrogen) atoms. The van der Waals surface area contributed by atoms with Gasteiger partial charge >= 0.3 is 0 Å². The van der Waals surface area contributed by atoms with Crippen LogP contribution in [0.25, 0.3) is 0 Å². The molecule has 0 atom stereocenters. The summed E-state index contributed by atoms with van der Waals surface area (Å²) in [5, 5.41) is 7.60.